The predicted octanol–water partition coefficient (Wildman–Crippen LogP) is 2.26. The molecule has 5 nitrogen and oxygen atoms in total. The van der Waals surface area contributed by atoms with Crippen LogP contribution in [-0.4, -0.2) is 60.9 Å². The van der Waals surface area contributed by atoms with Crippen molar-refractivity contribution >= 4 is 11.8 Å². The van der Waals surface area contributed by atoms with E-state index in [0.29, 0.717) is 19.4 Å². The summed E-state index contributed by atoms with van der Waals surface area (Å²) < 4.78 is 0. The number of carbonyl (C=O) groups excluding carboxylic acids is 2. The largest absolute Gasteiger partial charge is 0.355 e. The summed E-state index contributed by atoms with van der Waals surface area (Å²) in [6, 6.07) is 0. The minimum Gasteiger partial charge on any atom is -0.355 e. The van der Waals surface area contributed by atoms with Gasteiger partial charge in [-0.2, -0.15) is 0 Å². The Kier molecular flexibility index (Phi) is 8.59. The lowest BCUT2D eigenvalue weighted by Gasteiger charge is -2.31. The van der Waals surface area contributed by atoms with Crippen molar-refractivity contribution < 1.29 is 9.59 Å². The van der Waals surface area contributed by atoms with Gasteiger partial charge >= 0.3 is 0 Å². The highest BCUT2D eigenvalue weighted by Gasteiger charge is 2.28. The molecule has 5 heteroatoms. The summed E-state index contributed by atoms with van der Waals surface area (Å²) >= 11 is 0. The fourth-order valence-electron chi connectivity index (χ4n) is 3.12. The number of rotatable bonds is 9. The van der Waals surface area contributed by atoms with Crippen molar-refractivity contribution in [3.63, 3.8) is 0 Å². The van der Waals surface area contributed by atoms with Crippen LogP contribution in [0.4, 0.5) is 0 Å². The van der Waals surface area contributed by atoms with Crippen molar-refractivity contribution in [1.82, 2.24) is 15.1 Å². The second kappa shape index (κ2) is 9.91. The Labute approximate surface area is 141 Å². The zero-order valence-electron chi connectivity index (χ0n) is 15.5. The average Bonchev–Trinajstić information content (AvgIpc) is 2.51. The normalized spacial score (nSPS) is 15.8. The summed E-state index contributed by atoms with van der Waals surface area (Å²) in [5.74, 6) is 0.249. The first-order valence-corrected chi connectivity index (χ1v) is 9.14. The number of hydrogen-bond acceptors (Lipinski definition) is 3. The molecule has 2 amide bonds. The van der Waals surface area contributed by atoms with E-state index in [1.165, 1.54) is 6.42 Å². The van der Waals surface area contributed by atoms with E-state index < -0.39 is 0 Å². The first kappa shape index (κ1) is 19.9. The van der Waals surface area contributed by atoms with Gasteiger partial charge in [-0.3, -0.25) is 9.59 Å². The van der Waals surface area contributed by atoms with Crippen LogP contribution in [0.1, 0.15) is 59.8 Å². The average molecular weight is 325 g/mol. The monoisotopic (exact) mass is 325 g/mol. The molecule has 0 unspecified atom stereocenters. The number of likely N-dealkylation sites (N-methyl/N-ethyl adjacent to an activating group) is 1. The van der Waals surface area contributed by atoms with Gasteiger partial charge in [0.15, 0.2) is 0 Å². The highest BCUT2D eigenvalue weighted by Crippen LogP contribution is 2.26. The van der Waals surface area contributed by atoms with E-state index in [1.54, 1.807) is 0 Å². The maximum atomic E-state index is 12.4. The van der Waals surface area contributed by atoms with Gasteiger partial charge in [0.1, 0.15) is 0 Å². The molecule has 0 atom stereocenters. The molecule has 1 N–H and O–H groups in total. The fraction of sp³-hybridized carbons (Fsp3) is 0.889. The van der Waals surface area contributed by atoms with Gasteiger partial charge in [-0.1, -0.05) is 27.7 Å². The topological polar surface area (TPSA) is 52.7 Å². The number of likely N-dealkylation sites (tertiary alicyclic amines) is 1. The molecule has 0 spiro atoms. The number of hydrogen-bond donors (Lipinski definition) is 1. The molecule has 0 saturated carbocycles. The van der Waals surface area contributed by atoms with E-state index in [-0.39, 0.29) is 17.2 Å². The van der Waals surface area contributed by atoms with Crippen LogP contribution in [0.3, 0.4) is 0 Å². The lowest BCUT2D eigenvalue weighted by Crippen LogP contribution is -2.40. The van der Waals surface area contributed by atoms with Gasteiger partial charge in [-0.05, 0) is 37.8 Å². The van der Waals surface area contributed by atoms with Crippen LogP contribution in [0.15, 0.2) is 0 Å². The molecule has 1 aliphatic heterocycles. The molecule has 1 rings (SSSR count). The molecule has 0 aromatic carbocycles. The second-order valence-electron chi connectivity index (χ2n) is 7.34. The van der Waals surface area contributed by atoms with Crippen molar-refractivity contribution in [3.05, 3.63) is 0 Å². The van der Waals surface area contributed by atoms with E-state index in [0.717, 1.165) is 45.6 Å². The van der Waals surface area contributed by atoms with E-state index in [2.05, 4.69) is 24.1 Å². The number of nitrogens with zero attached hydrogens (tertiary/aromatic N) is 2. The molecular formula is C18H35N3O2. The van der Waals surface area contributed by atoms with Crippen molar-refractivity contribution in [2.24, 2.45) is 5.41 Å². The summed E-state index contributed by atoms with van der Waals surface area (Å²) in [6.07, 6.45) is 4.30. The van der Waals surface area contributed by atoms with Crippen LogP contribution in [0.5, 0.6) is 0 Å². The van der Waals surface area contributed by atoms with E-state index in [9.17, 15) is 9.59 Å². The minimum absolute atomic E-state index is 0.0496. The Hall–Kier alpha value is -1.10. The Morgan fingerprint density at radius 3 is 2.22 bits per heavy atom. The van der Waals surface area contributed by atoms with Crippen LogP contribution in [-0.2, 0) is 9.59 Å². The Morgan fingerprint density at radius 2 is 1.65 bits per heavy atom. The standard InChI is InChI=1S/C18H35N3O2/c1-5-20(6-2)13-10-19-16(22)14-18(3,4)15-17(23)21-11-8-7-9-12-21/h5-15H2,1-4H3,(H,19,22). The predicted molar refractivity (Wildman–Crippen MR) is 94.2 cm³/mol. The van der Waals surface area contributed by atoms with Crippen molar-refractivity contribution in [2.75, 3.05) is 39.3 Å². The molecule has 1 fully saturated rings. The van der Waals surface area contributed by atoms with Crippen molar-refractivity contribution in [2.45, 2.75) is 59.8 Å². The molecule has 1 saturated heterocycles. The molecule has 0 bridgehead atoms. The fourth-order valence-corrected chi connectivity index (χ4v) is 3.12. The second-order valence-corrected chi connectivity index (χ2v) is 7.34. The number of piperidine rings is 1. The first-order chi connectivity index (χ1) is 10.9. The summed E-state index contributed by atoms with van der Waals surface area (Å²) in [5, 5.41) is 2.99. The number of amides is 2. The lowest BCUT2D eigenvalue weighted by atomic mass is 9.84. The minimum atomic E-state index is -0.284. The highest BCUT2D eigenvalue weighted by atomic mass is 16.2. The van der Waals surface area contributed by atoms with Gasteiger partial charge < -0.3 is 15.1 Å². The van der Waals surface area contributed by atoms with Crippen LogP contribution in [0.25, 0.3) is 0 Å². The van der Waals surface area contributed by atoms with Gasteiger partial charge in [0.2, 0.25) is 11.8 Å². The molecule has 0 aromatic rings. The van der Waals surface area contributed by atoms with Gasteiger partial charge in [-0.25, -0.2) is 0 Å². The molecule has 0 aromatic heterocycles. The first-order valence-electron chi connectivity index (χ1n) is 9.14. The van der Waals surface area contributed by atoms with Crippen molar-refractivity contribution in [3.8, 4) is 0 Å². The third kappa shape index (κ3) is 7.82. The molecular weight excluding hydrogens is 290 g/mol. The Morgan fingerprint density at radius 1 is 1.04 bits per heavy atom. The van der Waals surface area contributed by atoms with Crippen LogP contribution < -0.4 is 5.32 Å². The number of carbonyl (C=O) groups is 2. The van der Waals surface area contributed by atoms with Crippen LogP contribution in [0.2, 0.25) is 0 Å². The van der Waals surface area contributed by atoms with Crippen molar-refractivity contribution in [1.29, 1.82) is 0 Å². The zero-order valence-corrected chi connectivity index (χ0v) is 15.5. The maximum Gasteiger partial charge on any atom is 0.223 e. The summed E-state index contributed by atoms with van der Waals surface area (Å²) in [6.45, 7) is 13.6. The molecule has 23 heavy (non-hydrogen) atoms. The van der Waals surface area contributed by atoms with Crippen LogP contribution in [0, 0.1) is 5.41 Å². The zero-order chi connectivity index (χ0) is 17.3. The Balaban J connectivity index is 2.32. The molecule has 0 aliphatic carbocycles. The quantitative estimate of drug-likeness (QED) is 0.707. The Bertz CT molecular complexity index is 372. The number of nitrogens with one attached hydrogen (secondary N) is 1. The SMILES string of the molecule is CCN(CC)CCNC(=O)CC(C)(C)CC(=O)N1CCCCC1. The van der Waals surface area contributed by atoms with E-state index >= 15 is 0 Å². The lowest BCUT2D eigenvalue weighted by molar-refractivity contribution is -0.134. The third-order valence-electron chi connectivity index (χ3n) is 4.62. The van der Waals surface area contributed by atoms with Crippen LogP contribution >= 0.6 is 0 Å². The highest BCUT2D eigenvalue weighted by molar-refractivity contribution is 5.80. The summed E-state index contributed by atoms with van der Waals surface area (Å²) in [4.78, 5) is 28.7. The molecule has 1 aliphatic rings. The van der Waals surface area contributed by atoms with Gasteiger partial charge in [0.05, 0.1) is 0 Å². The van der Waals surface area contributed by atoms with Gasteiger partial charge in [-0.15, -0.1) is 0 Å². The maximum absolute atomic E-state index is 12.4. The summed E-state index contributed by atoms with van der Waals surface area (Å²) in [7, 11) is 0. The van der Waals surface area contributed by atoms with E-state index in [4.69, 9.17) is 0 Å². The molecule has 134 valence electrons. The molecule has 1 heterocycles. The summed E-state index contributed by atoms with van der Waals surface area (Å²) in [5.41, 5.74) is -0.284. The molecule has 0 radical (unpaired) electrons. The smallest absolute Gasteiger partial charge is 0.223 e. The van der Waals surface area contributed by atoms with E-state index in [1.807, 2.05) is 18.7 Å². The third-order valence-corrected chi connectivity index (χ3v) is 4.62. The van der Waals surface area contributed by atoms with Gasteiger partial charge in [0.25, 0.3) is 0 Å². The van der Waals surface area contributed by atoms with Gasteiger partial charge in [0, 0.05) is 39.0 Å².